The number of hydrogen-bond acceptors (Lipinski definition) is 7. The van der Waals surface area contributed by atoms with Crippen LogP contribution in [0.1, 0.15) is 16.7 Å². The van der Waals surface area contributed by atoms with E-state index in [9.17, 15) is 19.8 Å². The Hall–Kier alpha value is -1.81. The van der Waals surface area contributed by atoms with E-state index in [1.165, 1.54) is 6.20 Å². The number of ether oxygens (including phenoxy) is 1. The highest BCUT2D eigenvalue weighted by Crippen LogP contribution is 2.27. The predicted octanol–water partition coefficient (Wildman–Crippen LogP) is -3.05. The summed E-state index contributed by atoms with van der Waals surface area (Å²) in [5.41, 5.74) is 3.65. The summed E-state index contributed by atoms with van der Waals surface area (Å²) < 4.78 is 6.07. The van der Waals surface area contributed by atoms with Gasteiger partial charge in [0.05, 0.1) is 6.61 Å². The van der Waals surface area contributed by atoms with E-state index in [0.29, 0.717) is 0 Å². The van der Waals surface area contributed by atoms with Crippen LogP contribution in [-0.4, -0.2) is 55.7 Å². The Labute approximate surface area is 106 Å². The third-order valence-electron chi connectivity index (χ3n) is 2.89. The maximum absolute atomic E-state index is 11.9. The highest BCUT2D eigenvalue weighted by Gasteiger charge is 2.43. The highest BCUT2D eigenvalue weighted by molar-refractivity contribution is 5.90. The summed E-state index contributed by atoms with van der Waals surface area (Å²) in [5, 5.41) is 28.3. The number of aromatic nitrogens is 2. The molecule has 2 rings (SSSR count). The van der Waals surface area contributed by atoms with Gasteiger partial charge in [-0.15, -0.1) is 0 Å². The first-order valence-corrected chi connectivity index (χ1v) is 5.46. The number of aliphatic hydroxyl groups is 3. The maximum atomic E-state index is 11.9. The fraction of sp³-hybridized carbons (Fsp3) is 0.500. The molecule has 0 aliphatic carbocycles. The number of carbonyl (C=O) groups excluding carboxylic acids is 1. The van der Waals surface area contributed by atoms with Crippen LogP contribution in [0.25, 0.3) is 0 Å². The average molecular weight is 271 g/mol. The number of aliphatic hydroxyl groups excluding tert-OH is 3. The minimum absolute atomic E-state index is 0.500. The Balaban J connectivity index is 2.41. The van der Waals surface area contributed by atoms with E-state index in [1.54, 1.807) is 0 Å². The third kappa shape index (κ3) is 2.24. The number of nitrogens with zero attached hydrogens (tertiary/aromatic N) is 2. The molecule has 1 fully saturated rings. The van der Waals surface area contributed by atoms with Crippen LogP contribution in [0.5, 0.6) is 0 Å². The van der Waals surface area contributed by atoms with Gasteiger partial charge in [0.15, 0.2) is 11.9 Å². The number of rotatable bonds is 3. The van der Waals surface area contributed by atoms with Crippen molar-refractivity contribution >= 4 is 5.91 Å². The second kappa shape index (κ2) is 5.05. The van der Waals surface area contributed by atoms with Crippen molar-refractivity contribution in [2.75, 3.05) is 6.61 Å². The second-order valence-corrected chi connectivity index (χ2v) is 4.08. The first-order valence-electron chi connectivity index (χ1n) is 5.46. The molecule has 5 N–H and O–H groups in total. The van der Waals surface area contributed by atoms with Crippen molar-refractivity contribution in [2.24, 2.45) is 5.73 Å². The summed E-state index contributed by atoms with van der Waals surface area (Å²) in [6.07, 6.45) is -2.66. The van der Waals surface area contributed by atoms with Gasteiger partial charge in [0.2, 0.25) is 0 Å². The van der Waals surface area contributed by atoms with Gasteiger partial charge >= 0.3 is 0 Å². The fourth-order valence-corrected chi connectivity index (χ4v) is 1.90. The Kier molecular flexibility index (Phi) is 3.62. The molecule has 2 heterocycles. The summed E-state index contributed by atoms with van der Waals surface area (Å²) in [6, 6.07) is 0. The monoisotopic (exact) mass is 271 g/mol. The van der Waals surface area contributed by atoms with Gasteiger partial charge in [-0.1, -0.05) is 0 Å². The average Bonchev–Trinajstić information content (AvgIpc) is 2.66. The lowest BCUT2D eigenvalue weighted by molar-refractivity contribution is -0.0545. The molecule has 1 aromatic rings. The van der Waals surface area contributed by atoms with E-state index in [2.05, 4.69) is 4.98 Å². The zero-order chi connectivity index (χ0) is 14.2. The number of primary amides is 1. The molecule has 104 valence electrons. The summed E-state index contributed by atoms with van der Waals surface area (Å²) in [6.45, 7) is -0.517. The Morgan fingerprint density at radius 1 is 1.47 bits per heavy atom. The zero-order valence-electron chi connectivity index (χ0n) is 9.71. The molecular weight excluding hydrogens is 258 g/mol. The van der Waals surface area contributed by atoms with Gasteiger partial charge in [0, 0.05) is 12.4 Å². The van der Waals surface area contributed by atoms with Crippen molar-refractivity contribution in [3.8, 4) is 0 Å². The lowest BCUT2D eigenvalue weighted by Crippen LogP contribution is -2.38. The van der Waals surface area contributed by atoms with Crippen LogP contribution < -0.4 is 11.3 Å². The van der Waals surface area contributed by atoms with Crippen molar-refractivity contribution < 1.29 is 24.9 Å². The quantitative estimate of drug-likeness (QED) is 0.456. The van der Waals surface area contributed by atoms with Gasteiger partial charge in [-0.05, 0) is 0 Å². The topological polar surface area (TPSA) is 148 Å². The molecule has 1 aliphatic rings. The lowest BCUT2D eigenvalue weighted by atomic mass is 10.1. The molecule has 1 saturated heterocycles. The molecule has 0 radical (unpaired) electrons. The smallest absolute Gasteiger partial charge is 0.284 e. The largest absolute Gasteiger partial charge is 0.394 e. The van der Waals surface area contributed by atoms with Crippen LogP contribution in [0, 0.1) is 0 Å². The molecule has 0 spiro atoms. The minimum atomic E-state index is -1.42. The van der Waals surface area contributed by atoms with Gasteiger partial charge in [0.1, 0.15) is 18.3 Å². The van der Waals surface area contributed by atoms with Crippen LogP contribution in [0.3, 0.4) is 0 Å². The standard InChI is InChI=1S/C10H13N3O6/c11-8(17)5-9(18)13(2-1-12-5)10-7(16)6(15)4(3-14)19-10/h1-2,4,6-7,10,14-16H,3H2,(H2,11,17)/t4-,6+,7+,10-/m1/s1. The first-order chi connectivity index (χ1) is 8.97. The fourth-order valence-electron chi connectivity index (χ4n) is 1.90. The van der Waals surface area contributed by atoms with Crippen LogP contribution >= 0.6 is 0 Å². The molecule has 9 nitrogen and oxygen atoms in total. The van der Waals surface area contributed by atoms with E-state index < -0.39 is 48.3 Å². The minimum Gasteiger partial charge on any atom is -0.394 e. The van der Waals surface area contributed by atoms with Gasteiger partial charge < -0.3 is 25.8 Å². The number of amides is 1. The SMILES string of the molecule is NC(=O)c1nccn([C@@H]2O[C@H](CO)[C@H](O)[C@@H]2O)c1=O. The van der Waals surface area contributed by atoms with Crippen LogP contribution in [0.15, 0.2) is 17.2 Å². The first kappa shape index (κ1) is 13.6. The number of hydrogen-bond donors (Lipinski definition) is 4. The third-order valence-corrected chi connectivity index (χ3v) is 2.89. The maximum Gasteiger partial charge on any atom is 0.284 e. The number of carbonyl (C=O) groups is 1. The molecule has 1 aliphatic heterocycles. The Morgan fingerprint density at radius 2 is 2.16 bits per heavy atom. The molecule has 0 bridgehead atoms. The van der Waals surface area contributed by atoms with Gasteiger partial charge in [-0.2, -0.15) is 0 Å². The summed E-state index contributed by atoms with van der Waals surface area (Å²) >= 11 is 0. The van der Waals surface area contributed by atoms with Gasteiger partial charge in [0.25, 0.3) is 11.5 Å². The summed E-state index contributed by atoms with van der Waals surface area (Å²) in [5.74, 6) is -1.01. The molecule has 4 atom stereocenters. The second-order valence-electron chi connectivity index (χ2n) is 4.08. The van der Waals surface area contributed by atoms with Crippen LogP contribution in [0.2, 0.25) is 0 Å². The van der Waals surface area contributed by atoms with E-state index in [4.69, 9.17) is 15.6 Å². The van der Waals surface area contributed by atoms with Gasteiger partial charge in [-0.3, -0.25) is 14.2 Å². The molecular formula is C10H13N3O6. The Morgan fingerprint density at radius 3 is 2.68 bits per heavy atom. The molecule has 19 heavy (non-hydrogen) atoms. The highest BCUT2D eigenvalue weighted by atomic mass is 16.6. The molecule has 0 saturated carbocycles. The van der Waals surface area contributed by atoms with Crippen molar-refractivity contribution in [1.82, 2.24) is 9.55 Å². The van der Waals surface area contributed by atoms with Crippen molar-refractivity contribution in [1.29, 1.82) is 0 Å². The molecule has 0 aromatic carbocycles. The molecule has 1 aromatic heterocycles. The van der Waals surface area contributed by atoms with Crippen LogP contribution in [0.4, 0.5) is 0 Å². The van der Waals surface area contributed by atoms with E-state index in [1.807, 2.05) is 0 Å². The van der Waals surface area contributed by atoms with E-state index in [-0.39, 0.29) is 0 Å². The van der Waals surface area contributed by atoms with Gasteiger partial charge in [-0.25, -0.2) is 4.98 Å². The molecule has 0 unspecified atom stereocenters. The summed E-state index contributed by atoms with van der Waals surface area (Å²) in [7, 11) is 0. The predicted molar refractivity (Wildman–Crippen MR) is 60.0 cm³/mol. The molecule has 9 heteroatoms. The summed E-state index contributed by atoms with van der Waals surface area (Å²) in [4.78, 5) is 26.5. The Bertz CT molecular complexity index is 544. The van der Waals surface area contributed by atoms with Crippen molar-refractivity contribution in [2.45, 2.75) is 24.5 Å². The lowest BCUT2D eigenvalue weighted by Gasteiger charge is -2.17. The normalized spacial score (nSPS) is 30.5. The zero-order valence-corrected chi connectivity index (χ0v) is 9.71. The van der Waals surface area contributed by atoms with Crippen LogP contribution in [-0.2, 0) is 4.74 Å². The van der Waals surface area contributed by atoms with Crippen molar-refractivity contribution in [3.63, 3.8) is 0 Å². The number of nitrogens with two attached hydrogens (primary N) is 1. The van der Waals surface area contributed by atoms with E-state index in [0.717, 1.165) is 10.8 Å². The van der Waals surface area contributed by atoms with Crippen molar-refractivity contribution in [3.05, 3.63) is 28.4 Å². The molecule has 1 amide bonds. The van der Waals surface area contributed by atoms with E-state index >= 15 is 0 Å².